The van der Waals surface area contributed by atoms with E-state index >= 15 is 0 Å². The molecule has 21 heavy (non-hydrogen) atoms. The number of carboxylic acid groups (broad SMARTS) is 1. The second-order valence-electron chi connectivity index (χ2n) is 4.38. The number of rotatable bonds is 6. The molecule has 1 aromatic rings. The van der Waals surface area contributed by atoms with Gasteiger partial charge in [0.2, 0.25) is 0 Å². The maximum absolute atomic E-state index is 11.8. The minimum atomic E-state index is -0.998. The molecular weight excluding hydrogens is 274 g/mol. The molecule has 0 fully saturated rings. The minimum absolute atomic E-state index is 0.205. The molecule has 0 radical (unpaired) electrons. The van der Waals surface area contributed by atoms with Gasteiger partial charge in [0, 0.05) is 22.6 Å². The molecule has 1 atom stereocenters. The van der Waals surface area contributed by atoms with Crippen LogP contribution in [0.15, 0.2) is 41.0 Å². The zero-order valence-corrected chi connectivity index (χ0v) is 11.7. The van der Waals surface area contributed by atoms with Gasteiger partial charge in [-0.25, -0.2) is 9.59 Å². The van der Waals surface area contributed by atoms with Crippen molar-refractivity contribution in [3.8, 4) is 0 Å². The highest BCUT2D eigenvalue weighted by Crippen LogP contribution is 2.15. The summed E-state index contributed by atoms with van der Waals surface area (Å²) in [6, 6.07) is 6.01. The van der Waals surface area contributed by atoms with Crippen LogP contribution in [0.4, 0.5) is 5.69 Å². The van der Waals surface area contributed by atoms with Gasteiger partial charge < -0.3 is 9.84 Å². The predicted molar refractivity (Wildman–Crippen MR) is 76.1 cm³/mol. The average molecular weight is 289 g/mol. The first kappa shape index (κ1) is 16.3. The number of esters is 1. The van der Waals surface area contributed by atoms with E-state index in [2.05, 4.69) is 10.0 Å². The Morgan fingerprint density at radius 3 is 2.57 bits per heavy atom. The summed E-state index contributed by atoms with van der Waals surface area (Å²) < 4.78 is 5.19. The number of hydrogen-bond donors (Lipinski definition) is 1. The zero-order valence-electron chi connectivity index (χ0n) is 11.7. The molecule has 7 heteroatoms. The lowest BCUT2D eigenvalue weighted by molar-refractivity contribution is -0.132. The monoisotopic (exact) mass is 289 g/mol. The standard InChI is InChI=1S/C14H15N3O4/c1-9(13(18)19)3-4-10(2)21-14(20)11-5-7-12(8-6-11)16-17-15/h3,5-8,10H,4H2,1-2H3,(H,18,19). The summed E-state index contributed by atoms with van der Waals surface area (Å²) in [6.07, 6.45) is 1.38. The predicted octanol–water partition coefficient (Wildman–Crippen LogP) is 3.59. The summed E-state index contributed by atoms with van der Waals surface area (Å²) >= 11 is 0. The van der Waals surface area contributed by atoms with Crippen LogP contribution in [0.2, 0.25) is 0 Å². The van der Waals surface area contributed by atoms with Crippen LogP contribution in [-0.4, -0.2) is 23.1 Å². The third-order valence-electron chi connectivity index (χ3n) is 2.66. The number of nitrogens with zero attached hydrogens (tertiary/aromatic N) is 3. The summed E-state index contributed by atoms with van der Waals surface area (Å²) in [6.45, 7) is 3.16. The maximum Gasteiger partial charge on any atom is 0.338 e. The van der Waals surface area contributed by atoms with E-state index in [1.165, 1.54) is 37.3 Å². The van der Waals surface area contributed by atoms with Gasteiger partial charge in [-0.15, -0.1) is 0 Å². The largest absolute Gasteiger partial charge is 0.478 e. The van der Waals surface area contributed by atoms with Crippen molar-refractivity contribution in [1.82, 2.24) is 0 Å². The summed E-state index contributed by atoms with van der Waals surface area (Å²) in [7, 11) is 0. The second-order valence-corrected chi connectivity index (χ2v) is 4.38. The molecule has 0 saturated heterocycles. The number of benzene rings is 1. The third-order valence-corrected chi connectivity index (χ3v) is 2.66. The lowest BCUT2D eigenvalue weighted by atomic mass is 10.2. The topological polar surface area (TPSA) is 112 Å². The normalized spacial score (nSPS) is 12.2. The molecule has 0 aliphatic rings. The Balaban J connectivity index is 2.62. The average Bonchev–Trinajstić information content (AvgIpc) is 2.45. The van der Waals surface area contributed by atoms with Crippen LogP contribution in [0.25, 0.3) is 10.4 Å². The van der Waals surface area contributed by atoms with Crippen LogP contribution in [0.5, 0.6) is 0 Å². The molecule has 0 bridgehead atoms. The first-order valence-electron chi connectivity index (χ1n) is 6.20. The Labute approximate surface area is 121 Å². The Hall–Kier alpha value is -2.79. The zero-order chi connectivity index (χ0) is 15.8. The second kappa shape index (κ2) is 7.72. The van der Waals surface area contributed by atoms with E-state index in [1.807, 2.05) is 0 Å². The third kappa shape index (κ3) is 5.38. The van der Waals surface area contributed by atoms with Gasteiger partial charge in [-0.05, 0) is 31.5 Å². The smallest absolute Gasteiger partial charge is 0.338 e. The van der Waals surface area contributed by atoms with E-state index in [1.54, 1.807) is 6.92 Å². The number of carboxylic acids is 1. The van der Waals surface area contributed by atoms with Gasteiger partial charge in [0.1, 0.15) is 6.10 Å². The molecular formula is C14H15N3O4. The van der Waals surface area contributed by atoms with Gasteiger partial charge in [-0.1, -0.05) is 23.3 Å². The number of carbonyl (C=O) groups excluding carboxylic acids is 1. The van der Waals surface area contributed by atoms with Crippen molar-refractivity contribution >= 4 is 17.6 Å². The highest BCUT2D eigenvalue weighted by molar-refractivity contribution is 5.89. The molecule has 0 saturated carbocycles. The highest BCUT2D eigenvalue weighted by Gasteiger charge is 2.11. The highest BCUT2D eigenvalue weighted by atomic mass is 16.5. The molecule has 110 valence electrons. The number of carbonyl (C=O) groups is 2. The van der Waals surface area contributed by atoms with Gasteiger partial charge in [-0.3, -0.25) is 0 Å². The molecule has 1 aromatic carbocycles. The van der Waals surface area contributed by atoms with Gasteiger partial charge in [-0.2, -0.15) is 0 Å². The fraction of sp³-hybridized carbons (Fsp3) is 0.286. The molecule has 1 unspecified atom stereocenters. The quantitative estimate of drug-likeness (QED) is 0.283. The molecule has 7 nitrogen and oxygen atoms in total. The maximum atomic E-state index is 11.8. The van der Waals surface area contributed by atoms with Crippen molar-refractivity contribution in [3.05, 3.63) is 51.9 Å². The van der Waals surface area contributed by atoms with E-state index < -0.39 is 18.0 Å². The SMILES string of the molecule is CC(=CCC(C)OC(=O)c1ccc(N=[N+]=[N-])cc1)C(=O)O. The summed E-state index contributed by atoms with van der Waals surface area (Å²) in [4.78, 5) is 25.1. The molecule has 1 rings (SSSR count). The van der Waals surface area contributed by atoms with Crippen LogP contribution < -0.4 is 0 Å². The van der Waals surface area contributed by atoms with E-state index in [4.69, 9.17) is 15.4 Å². The van der Waals surface area contributed by atoms with Crippen molar-refractivity contribution in [1.29, 1.82) is 0 Å². The van der Waals surface area contributed by atoms with Crippen molar-refractivity contribution in [2.24, 2.45) is 5.11 Å². The Morgan fingerprint density at radius 1 is 1.43 bits per heavy atom. The van der Waals surface area contributed by atoms with E-state index in [-0.39, 0.29) is 5.57 Å². The fourth-order valence-corrected chi connectivity index (χ4v) is 1.44. The molecule has 0 aromatic heterocycles. The van der Waals surface area contributed by atoms with Crippen molar-refractivity contribution < 1.29 is 19.4 Å². The summed E-state index contributed by atoms with van der Waals surface area (Å²) in [5, 5.41) is 12.1. The van der Waals surface area contributed by atoms with Crippen LogP contribution in [-0.2, 0) is 9.53 Å². The van der Waals surface area contributed by atoms with Gasteiger partial charge in [0.05, 0.1) is 5.56 Å². The Morgan fingerprint density at radius 2 is 2.05 bits per heavy atom. The van der Waals surface area contributed by atoms with Crippen LogP contribution in [0, 0.1) is 0 Å². The van der Waals surface area contributed by atoms with E-state index in [0.717, 1.165) is 0 Å². The minimum Gasteiger partial charge on any atom is -0.478 e. The first-order chi connectivity index (χ1) is 9.93. The number of aliphatic carboxylic acids is 1. The first-order valence-corrected chi connectivity index (χ1v) is 6.20. The lowest BCUT2D eigenvalue weighted by Crippen LogP contribution is -2.14. The Kier molecular flexibility index (Phi) is 5.98. The van der Waals surface area contributed by atoms with Crippen molar-refractivity contribution in [2.45, 2.75) is 26.4 Å². The fourth-order valence-electron chi connectivity index (χ4n) is 1.44. The molecule has 1 N–H and O–H groups in total. The molecule has 0 heterocycles. The molecule has 0 aliphatic carbocycles. The van der Waals surface area contributed by atoms with Crippen LogP contribution >= 0.6 is 0 Å². The van der Waals surface area contributed by atoms with Crippen LogP contribution in [0.1, 0.15) is 30.6 Å². The lowest BCUT2D eigenvalue weighted by Gasteiger charge is -2.11. The molecule has 0 amide bonds. The van der Waals surface area contributed by atoms with Gasteiger partial charge in [0.15, 0.2) is 0 Å². The van der Waals surface area contributed by atoms with E-state index in [9.17, 15) is 9.59 Å². The van der Waals surface area contributed by atoms with E-state index in [0.29, 0.717) is 17.7 Å². The summed E-state index contributed by atoms with van der Waals surface area (Å²) in [5.74, 6) is -1.52. The Bertz CT molecular complexity index is 601. The molecule has 0 spiro atoms. The number of hydrogen-bond acceptors (Lipinski definition) is 4. The van der Waals surface area contributed by atoms with Crippen LogP contribution in [0.3, 0.4) is 0 Å². The molecule has 0 aliphatic heterocycles. The van der Waals surface area contributed by atoms with Gasteiger partial charge in [0.25, 0.3) is 0 Å². The number of azide groups is 1. The number of ether oxygens (including phenoxy) is 1. The summed E-state index contributed by atoms with van der Waals surface area (Å²) in [5.41, 5.74) is 9.22. The van der Waals surface area contributed by atoms with Crippen molar-refractivity contribution in [2.75, 3.05) is 0 Å². The van der Waals surface area contributed by atoms with Crippen molar-refractivity contribution in [3.63, 3.8) is 0 Å². The van der Waals surface area contributed by atoms with Gasteiger partial charge >= 0.3 is 11.9 Å².